The summed E-state index contributed by atoms with van der Waals surface area (Å²) in [5.41, 5.74) is 7.54. The van der Waals surface area contributed by atoms with E-state index < -0.39 is 5.91 Å². The third-order valence-corrected chi connectivity index (χ3v) is 6.70. The zero-order valence-corrected chi connectivity index (χ0v) is 19.4. The first-order valence-electron chi connectivity index (χ1n) is 9.29. The van der Waals surface area contributed by atoms with Gasteiger partial charge in [-0.1, -0.05) is 6.92 Å². The van der Waals surface area contributed by atoms with Crippen LogP contribution in [0.15, 0.2) is 22.7 Å². The molecule has 1 atom stereocenters. The van der Waals surface area contributed by atoms with Crippen molar-refractivity contribution in [3.05, 3.63) is 44.2 Å². The van der Waals surface area contributed by atoms with Crippen molar-refractivity contribution in [1.82, 2.24) is 5.32 Å². The quantitative estimate of drug-likeness (QED) is 0.538. The minimum absolute atomic E-state index is 0.120. The maximum absolute atomic E-state index is 12.5. The van der Waals surface area contributed by atoms with Gasteiger partial charge < -0.3 is 15.8 Å². The number of fused-ring (bicyclic) bond motifs is 1. The highest BCUT2D eigenvalue weighted by atomic mass is 79.9. The molecule has 2 aromatic rings. The van der Waals surface area contributed by atoms with E-state index in [0.29, 0.717) is 38.9 Å². The van der Waals surface area contributed by atoms with Gasteiger partial charge in [-0.2, -0.15) is 0 Å². The summed E-state index contributed by atoms with van der Waals surface area (Å²) in [5, 5.41) is 6.36. The van der Waals surface area contributed by atoms with Crippen LogP contribution in [0.4, 0.5) is 5.00 Å². The van der Waals surface area contributed by atoms with Gasteiger partial charge in [-0.15, -0.1) is 11.3 Å². The first-order chi connectivity index (χ1) is 13.8. The highest BCUT2D eigenvalue weighted by Crippen LogP contribution is 2.39. The summed E-state index contributed by atoms with van der Waals surface area (Å²) in [5.74, 6) is 0.389. The number of thiocarbonyl (C=S) groups is 1. The van der Waals surface area contributed by atoms with Crippen LogP contribution in [0.2, 0.25) is 0 Å². The van der Waals surface area contributed by atoms with E-state index >= 15 is 0 Å². The van der Waals surface area contributed by atoms with Crippen LogP contribution in [-0.2, 0) is 12.8 Å². The molecule has 0 fully saturated rings. The summed E-state index contributed by atoms with van der Waals surface area (Å²) in [6, 6.07) is 5.05. The number of nitrogens with one attached hydrogen (secondary N) is 2. The maximum Gasteiger partial charge on any atom is 0.257 e. The van der Waals surface area contributed by atoms with Gasteiger partial charge in [0, 0.05) is 10.4 Å². The molecule has 0 bridgehead atoms. The van der Waals surface area contributed by atoms with Crippen LogP contribution in [0, 0.1) is 5.92 Å². The molecule has 1 heterocycles. The zero-order valence-electron chi connectivity index (χ0n) is 16.1. The average Bonchev–Trinajstić information content (AvgIpc) is 3.00. The van der Waals surface area contributed by atoms with Crippen molar-refractivity contribution in [3.63, 3.8) is 0 Å². The Bertz CT molecular complexity index is 974. The van der Waals surface area contributed by atoms with E-state index in [-0.39, 0.29) is 11.0 Å². The Morgan fingerprint density at radius 2 is 2.17 bits per heavy atom. The number of amides is 2. The van der Waals surface area contributed by atoms with Crippen LogP contribution in [0.25, 0.3) is 0 Å². The molecule has 29 heavy (non-hydrogen) atoms. The largest absolute Gasteiger partial charge is 0.493 e. The van der Waals surface area contributed by atoms with Gasteiger partial charge in [-0.05, 0) is 84.0 Å². The summed E-state index contributed by atoms with van der Waals surface area (Å²) in [4.78, 5) is 25.7. The highest BCUT2D eigenvalue weighted by Gasteiger charge is 2.27. The van der Waals surface area contributed by atoms with E-state index in [2.05, 4.69) is 33.5 Å². The fourth-order valence-electron chi connectivity index (χ4n) is 3.32. The Morgan fingerprint density at radius 1 is 1.41 bits per heavy atom. The predicted molar refractivity (Wildman–Crippen MR) is 123 cm³/mol. The van der Waals surface area contributed by atoms with Crippen LogP contribution in [0.3, 0.4) is 0 Å². The van der Waals surface area contributed by atoms with Crippen LogP contribution in [0.1, 0.15) is 51.4 Å². The molecule has 3 rings (SSSR count). The van der Waals surface area contributed by atoms with E-state index in [1.165, 1.54) is 11.3 Å². The number of anilines is 1. The number of carbonyl (C=O) groups is 2. The Morgan fingerprint density at radius 3 is 2.83 bits per heavy atom. The lowest BCUT2D eigenvalue weighted by Gasteiger charge is -2.18. The zero-order chi connectivity index (χ0) is 21.1. The molecule has 0 aliphatic heterocycles. The molecule has 6 nitrogen and oxygen atoms in total. The third-order valence-electron chi connectivity index (χ3n) is 4.71. The van der Waals surface area contributed by atoms with Crippen LogP contribution < -0.4 is 21.1 Å². The van der Waals surface area contributed by atoms with E-state index in [1.807, 2.05) is 6.92 Å². The van der Waals surface area contributed by atoms with Crippen LogP contribution in [0.5, 0.6) is 5.75 Å². The number of carbonyl (C=O) groups excluding carboxylic acids is 2. The lowest BCUT2D eigenvalue weighted by Crippen LogP contribution is -2.34. The van der Waals surface area contributed by atoms with E-state index in [0.717, 1.165) is 29.7 Å². The first-order valence-corrected chi connectivity index (χ1v) is 11.3. The topological polar surface area (TPSA) is 93.4 Å². The fraction of sp³-hybridized carbons (Fsp3) is 0.350. The SMILES string of the molecule is CCOc1ccc(C(=O)NC(=S)Nc2sc3c(c2C(N)=O)CC[C@H](C)C3)cc1Br. The molecular formula is C20H22BrN3O3S2. The number of ether oxygens (including phenoxy) is 1. The van der Waals surface area contributed by atoms with Crippen molar-refractivity contribution in [2.75, 3.05) is 11.9 Å². The monoisotopic (exact) mass is 495 g/mol. The van der Waals surface area contributed by atoms with Gasteiger partial charge >= 0.3 is 0 Å². The van der Waals surface area contributed by atoms with E-state index in [1.54, 1.807) is 18.2 Å². The first kappa shape index (κ1) is 21.7. The minimum Gasteiger partial charge on any atom is -0.493 e. The molecule has 4 N–H and O–H groups in total. The molecule has 1 aliphatic carbocycles. The molecule has 0 radical (unpaired) electrons. The van der Waals surface area contributed by atoms with Crippen molar-refractivity contribution in [3.8, 4) is 5.75 Å². The minimum atomic E-state index is -0.482. The van der Waals surface area contributed by atoms with E-state index in [4.69, 9.17) is 22.7 Å². The Hall–Kier alpha value is -1.97. The molecule has 2 amide bonds. The summed E-state index contributed by atoms with van der Waals surface area (Å²) < 4.78 is 6.14. The Balaban J connectivity index is 1.73. The maximum atomic E-state index is 12.5. The second-order valence-electron chi connectivity index (χ2n) is 6.91. The number of nitrogens with two attached hydrogens (primary N) is 1. The standard InChI is InChI=1S/C20H22BrN3O3S2/c1-3-27-14-7-5-11(9-13(14)21)18(26)23-20(28)24-19-16(17(22)25)12-6-4-10(2)8-15(12)29-19/h5,7,9-10H,3-4,6,8H2,1-2H3,(H2,22,25)(H2,23,24,26,28)/t10-/m0/s1. The number of thiophene rings is 1. The molecule has 1 aliphatic rings. The normalized spacial score (nSPS) is 15.3. The van der Waals surface area contributed by atoms with Crippen molar-refractivity contribution < 1.29 is 14.3 Å². The molecule has 154 valence electrons. The van der Waals surface area contributed by atoms with Crippen LogP contribution >= 0.6 is 39.5 Å². The second-order valence-corrected chi connectivity index (χ2v) is 9.27. The number of hydrogen-bond donors (Lipinski definition) is 3. The van der Waals surface area contributed by atoms with Gasteiger partial charge in [0.1, 0.15) is 10.8 Å². The highest BCUT2D eigenvalue weighted by molar-refractivity contribution is 9.10. The molecule has 0 spiro atoms. The second kappa shape index (κ2) is 9.23. The third kappa shape index (κ3) is 4.96. The molecule has 0 unspecified atom stereocenters. The van der Waals surface area contributed by atoms with Gasteiger partial charge in [-0.3, -0.25) is 14.9 Å². The summed E-state index contributed by atoms with van der Waals surface area (Å²) in [7, 11) is 0. The van der Waals surface area contributed by atoms with Crippen molar-refractivity contribution in [1.29, 1.82) is 0 Å². The lowest BCUT2D eigenvalue weighted by atomic mass is 9.88. The van der Waals surface area contributed by atoms with Gasteiger partial charge in [0.2, 0.25) is 0 Å². The summed E-state index contributed by atoms with van der Waals surface area (Å²) in [6.45, 7) is 4.62. The number of halogens is 1. The molecule has 0 saturated carbocycles. The fourth-order valence-corrected chi connectivity index (χ4v) is 5.50. The molecule has 1 aromatic carbocycles. The van der Waals surface area contributed by atoms with Crippen LogP contribution in [-0.4, -0.2) is 23.5 Å². The molecule has 0 saturated heterocycles. The number of primary amides is 1. The predicted octanol–water partition coefficient (Wildman–Crippen LogP) is 4.26. The van der Waals surface area contributed by atoms with E-state index in [9.17, 15) is 9.59 Å². The van der Waals surface area contributed by atoms with Crippen molar-refractivity contribution in [2.24, 2.45) is 11.7 Å². The van der Waals surface area contributed by atoms with Crippen molar-refractivity contribution in [2.45, 2.75) is 33.1 Å². The Labute approximate surface area is 187 Å². The number of rotatable bonds is 5. The number of benzene rings is 1. The summed E-state index contributed by atoms with van der Waals surface area (Å²) >= 11 is 10.2. The average molecular weight is 496 g/mol. The smallest absolute Gasteiger partial charge is 0.257 e. The Kier molecular flexibility index (Phi) is 6.92. The lowest BCUT2D eigenvalue weighted by molar-refractivity contribution is 0.0975. The van der Waals surface area contributed by atoms with Gasteiger partial charge in [0.25, 0.3) is 11.8 Å². The summed E-state index contributed by atoms with van der Waals surface area (Å²) in [6.07, 6.45) is 2.77. The number of hydrogen-bond acceptors (Lipinski definition) is 5. The van der Waals surface area contributed by atoms with Gasteiger partial charge in [0.15, 0.2) is 5.11 Å². The van der Waals surface area contributed by atoms with Gasteiger partial charge in [-0.25, -0.2) is 0 Å². The van der Waals surface area contributed by atoms with Crippen molar-refractivity contribution >= 4 is 61.4 Å². The van der Waals surface area contributed by atoms with Gasteiger partial charge in [0.05, 0.1) is 16.6 Å². The molecule has 1 aromatic heterocycles. The molecule has 9 heteroatoms. The molecular weight excluding hydrogens is 474 g/mol.